The molecular weight excluding hydrogens is 663 g/mol. The van der Waals surface area contributed by atoms with E-state index in [1.165, 1.54) is 6.39 Å². The molecule has 0 unspecified atom stereocenters. The average Bonchev–Trinajstić information content (AvgIpc) is 3.64. The first kappa shape index (κ1) is 24.7. The number of aromatic nitrogens is 3. The Bertz CT molecular complexity index is 1980. The van der Waals surface area contributed by atoms with Gasteiger partial charge in [0, 0.05) is 48.7 Å². The van der Waals surface area contributed by atoms with Crippen LogP contribution in [0, 0.1) is 12.1 Å². The largest absolute Gasteiger partial charge is 0.500 e. The molecule has 1 radical (unpaired) electrons. The molecule has 0 N–H and O–H groups in total. The Kier molecular flexibility index (Phi) is 6.72. The number of hydrogen-bond donors (Lipinski definition) is 0. The average molecular weight is 682 g/mol. The molecule has 0 spiro atoms. The van der Waals surface area contributed by atoms with E-state index >= 15 is 0 Å². The van der Waals surface area contributed by atoms with E-state index in [2.05, 4.69) is 27.1 Å². The summed E-state index contributed by atoms with van der Waals surface area (Å²) < 4.78 is 12.1. The van der Waals surface area contributed by atoms with E-state index < -0.39 is 0 Å². The van der Waals surface area contributed by atoms with Gasteiger partial charge in [0.1, 0.15) is 11.1 Å². The Morgan fingerprint density at radius 2 is 1.28 bits per heavy atom. The van der Waals surface area contributed by atoms with Crippen molar-refractivity contribution < 1.29 is 28.9 Å². The monoisotopic (exact) mass is 682 g/mol. The van der Waals surface area contributed by atoms with Crippen LogP contribution in [0.1, 0.15) is 0 Å². The maximum atomic E-state index is 6.38. The standard InChI is InChI=1S/C22H11N2O2.C11H8N.Ir/c1-2-7-14-13(6-1)21-18(19-22(14)25-12-24-19)16-9-5-8-15(20(16)26-21)17-10-3-4-11-23-17;1-2-6-10(7-3-1)11-8-4-5-9-12-11;/h1-7,9-12H;1-6,8-9H;/q2*-1;. The number of benzene rings is 4. The second-order valence-corrected chi connectivity index (χ2v) is 8.68. The summed E-state index contributed by atoms with van der Waals surface area (Å²) >= 11 is 0. The number of fused-ring (bicyclic) bond motifs is 8. The number of oxazole rings is 1. The van der Waals surface area contributed by atoms with E-state index in [0.29, 0.717) is 0 Å². The summed E-state index contributed by atoms with van der Waals surface area (Å²) in [4.78, 5) is 13.1. The van der Waals surface area contributed by atoms with Crippen LogP contribution in [-0.2, 0) is 20.1 Å². The maximum absolute atomic E-state index is 6.38. The van der Waals surface area contributed by atoms with Crippen LogP contribution < -0.4 is 0 Å². The van der Waals surface area contributed by atoms with Gasteiger partial charge in [-0.15, -0.1) is 54.1 Å². The topological polar surface area (TPSA) is 65.0 Å². The van der Waals surface area contributed by atoms with Crippen LogP contribution in [0.15, 0.2) is 125 Å². The van der Waals surface area contributed by atoms with E-state index in [-0.39, 0.29) is 20.1 Å². The molecule has 8 aromatic rings. The fraction of sp³-hybridized carbons (Fsp3) is 0. The number of hydrogen-bond acceptors (Lipinski definition) is 5. The maximum Gasteiger partial charge on any atom is 0.182 e. The minimum atomic E-state index is 0. The molecule has 0 fully saturated rings. The summed E-state index contributed by atoms with van der Waals surface area (Å²) in [5.74, 6) is 0. The Hall–Kier alpha value is -4.64. The van der Waals surface area contributed by atoms with Crippen LogP contribution in [0.4, 0.5) is 0 Å². The molecule has 0 aliphatic heterocycles. The Balaban J connectivity index is 0.000000180. The molecule has 5 nitrogen and oxygen atoms in total. The quantitative estimate of drug-likeness (QED) is 0.172. The molecule has 0 bridgehead atoms. The molecule has 4 heterocycles. The fourth-order valence-electron chi connectivity index (χ4n) is 4.76. The van der Waals surface area contributed by atoms with Gasteiger partial charge in [-0.1, -0.05) is 59.5 Å². The van der Waals surface area contributed by atoms with Gasteiger partial charge in [-0.3, -0.25) is 0 Å². The first-order valence-electron chi connectivity index (χ1n) is 12.2. The van der Waals surface area contributed by atoms with Gasteiger partial charge in [-0.25, -0.2) is 4.98 Å². The van der Waals surface area contributed by atoms with Gasteiger partial charge in [0.2, 0.25) is 0 Å². The molecule has 0 aliphatic carbocycles. The van der Waals surface area contributed by atoms with Crippen LogP contribution in [0.3, 0.4) is 0 Å². The van der Waals surface area contributed by atoms with Gasteiger partial charge in [-0.2, -0.15) is 0 Å². The molecular formula is C33H19IrN3O2-2. The van der Waals surface area contributed by atoms with Crippen molar-refractivity contribution in [2.75, 3.05) is 0 Å². The van der Waals surface area contributed by atoms with Crippen LogP contribution in [0.2, 0.25) is 0 Å². The Morgan fingerprint density at radius 3 is 2.00 bits per heavy atom. The first-order chi connectivity index (χ1) is 18.9. The van der Waals surface area contributed by atoms with Crippen molar-refractivity contribution in [2.45, 2.75) is 0 Å². The van der Waals surface area contributed by atoms with Crippen molar-refractivity contribution in [3.8, 4) is 22.5 Å². The SMILES string of the molecule is [Ir].[c-]1ccc2c(oc3c4ccccc4c4ocnc4c23)c1-c1ccccn1.[c-]1ccccc1-c1ccccn1. The van der Waals surface area contributed by atoms with E-state index in [9.17, 15) is 0 Å². The van der Waals surface area contributed by atoms with Crippen LogP contribution >= 0.6 is 0 Å². The van der Waals surface area contributed by atoms with Gasteiger partial charge in [-0.05, 0) is 23.5 Å². The zero-order chi connectivity index (χ0) is 25.3. The zero-order valence-corrected chi connectivity index (χ0v) is 22.9. The van der Waals surface area contributed by atoms with Crippen molar-refractivity contribution in [2.24, 2.45) is 0 Å². The van der Waals surface area contributed by atoms with E-state index in [4.69, 9.17) is 8.83 Å². The second kappa shape index (κ2) is 10.6. The Labute approximate surface area is 237 Å². The van der Waals surface area contributed by atoms with E-state index in [1.807, 2.05) is 97.1 Å². The molecule has 0 atom stereocenters. The minimum absolute atomic E-state index is 0. The molecule has 4 aromatic heterocycles. The van der Waals surface area contributed by atoms with Gasteiger partial charge in [0.15, 0.2) is 12.0 Å². The van der Waals surface area contributed by atoms with Gasteiger partial charge >= 0.3 is 0 Å². The number of nitrogens with zero attached hydrogens (tertiary/aromatic N) is 3. The molecule has 0 saturated carbocycles. The molecule has 0 saturated heterocycles. The third-order valence-corrected chi connectivity index (χ3v) is 6.44. The van der Waals surface area contributed by atoms with Gasteiger partial charge < -0.3 is 18.8 Å². The van der Waals surface area contributed by atoms with Gasteiger partial charge in [0.25, 0.3) is 0 Å². The normalized spacial score (nSPS) is 10.9. The third-order valence-electron chi connectivity index (χ3n) is 6.44. The van der Waals surface area contributed by atoms with Crippen LogP contribution in [0.5, 0.6) is 0 Å². The predicted molar refractivity (Wildman–Crippen MR) is 149 cm³/mol. The third kappa shape index (κ3) is 4.40. The summed E-state index contributed by atoms with van der Waals surface area (Å²) in [7, 11) is 0. The second-order valence-electron chi connectivity index (χ2n) is 8.68. The van der Waals surface area contributed by atoms with Crippen LogP contribution in [-0.4, -0.2) is 15.0 Å². The minimum Gasteiger partial charge on any atom is -0.500 e. The number of rotatable bonds is 2. The van der Waals surface area contributed by atoms with Crippen LogP contribution in [0.25, 0.3) is 66.3 Å². The molecule has 189 valence electrons. The van der Waals surface area contributed by atoms with Crippen molar-refractivity contribution in [1.29, 1.82) is 0 Å². The zero-order valence-electron chi connectivity index (χ0n) is 20.5. The Morgan fingerprint density at radius 1 is 0.564 bits per heavy atom. The predicted octanol–water partition coefficient (Wildman–Crippen LogP) is 8.29. The summed E-state index contributed by atoms with van der Waals surface area (Å²) in [6.45, 7) is 0. The van der Waals surface area contributed by atoms with Crippen molar-refractivity contribution in [1.82, 2.24) is 15.0 Å². The molecule has 39 heavy (non-hydrogen) atoms. The molecule has 4 aromatic carbocycles. The van der Waals surface area contributed by atoms with E-state index in [1.54, 1.807) is 12.4 Å². The van der Waals surface area contributed by atoms with Crippen molar-refractivity contribution >= 4 is 43.8 Å². The van der Waals surface area contributed by atoms with Crippen molar-refractivity contribution in [3.63, 3.8) is 0 Å². The first-order valence-corrected chi connectivity index (χ1v) is 12.2. The van der Waals surface area contributed by atoms with Gasteiger partial charge in [0.05, 0.1) is 5.58 Å². The molecule has 8 rings (SSSR count). The summed E-state index contributed by atoms with van der Waals surface area (Å²) in [5, 5.41) is 3.96. The van der Waals surface area contributed by atoms with Crippen molar-refractivity contribution in [3.05, 3.63) is 128 Å². The molecule has 0 aliphatic rings. The number of pyridine rings is 2. The summed E-state index contributed by atoms with van der Waals surface area (Å²) in [6.07, 6.45) is 5.05. The fourth-order valence-corrected chi connectivity index (χ4v) is 4.76. The number of furan rings is 1. The smallest absolute Gasteiger partial charge is 0.182 e. The summed E-state index contributed by atoms with van der Waals surface area (Å²) in [5.41, 5.74) is 6.86. The molecule has 6 heteroatoms. The molecule has 0 amide bonds. The van der Waals surface area contributed by atoms with E-state index in [0.717, 1.165) is 66.3 Å². The summed E-state index contributed by atoms with van der Waals surface area (Å²) in [6, 6.07) is 37.9.